The average Bonchev–Trinajstić information content (AvgIpc) is 2.40. The van der Waals surface area contributed by atoms with Gasteiger partial charge in [-0.1, -0.05) is 11.6 Å². The molecule has 0 aliphatic heterocycles. The molecule has 2 rings (SSSR count). The molecule has 0 amide bonds. The Bertz CT molecular complexity index is 523. The van der Waals surface area contributed by atoms with Crippen molar-refractivity contribution in [3.8, 4) is 0 Å². The topological polar surface area (TPSA) is 59.1 Å². The summed E-state index contributed by atoms with van der Waals surface area (Å²) in [7, 11) is -3.46. The molecule has 0 saturated heterocycles. The van der Waals surface area contributed by atoms with Crippen molar-refractivity contribution in [3.63, 3.8) is 0 Å². The Balaban J connectivity index is 2.11. The average molecular weight is 266 g/mol. The van der Waals surface area contributed by atoms with Crippen LogP contribution in [0, 0.1) is 0 Å². The second kappa shape index (κ2) is 5.63. The molecule has 0 spiro atoms. The van der Waals surface area contributed by atoms with Gasteiger partial charge < -0.3 is 0 Å². The van der Waals surface area contributed by atoms with Crippen molar-refractivity contribution >= 4 is 10.0 Å². The lowest BCUT2D eigenvalue weighted by Gasteiger charge is -2.20. The fourth-order valence-electron chi connectivity index (χ4n) is 2.14. The smallest absolute Gasteiger partial charge is 0.242 e. The Hall–Kier alpha value is -1.20. The maximum atomic E-state index is 12.1. The van der Waals surface area contributed by atoms with Crippen LogP contribution in [0.2, 0.25) is 0 Å². The standard InChI is InChI=1S/C13H18N2O2S/c1-11(12-6-3-2-4-7-12)15-18(16,17)13-8-5-9-14-10-13/h5-6,8-11,15H,2-4,7H2,1H3/t11-/m1/s1. The zero-order valence-corrected chi connectivity index (χ0v) is 11.3. The number of hydrogen-bond donors (Lipinski definition) is 1. The molecule has 1 N–H and O–H groups in total. The number of nitrogens with zero attached hydrogens (tertiary/aromatic N) is 1. The van der Waals surface area contributed by atoms with E-state index in [1.165, 1.54) is 18.2 Å². The van der Waals surface area contributed by atoms with Gasteiger partial charge >= 0.3 is 0 Å². The van der Waals surface area contributed by atoms with Crippen molar-refractivity contribution in [3.05, 3.63) is 36.2 Å². The van der Waals surface area contributed by atoms with Crippen molar-refractivity contribution in [1.29, 1.82) is 0 Å². The second-order valence-corrected chi connectivity index (χ2v) is 6.27. The van der Waals surface area contributed by atoms with Gasteiger partial charge in [0, 0.05) is 18.4 Å². The largest absolute Gasteiger partial charge is 0.263 e. The van der Waals surface area contributed by atoms with E-state index in [4.69, 9.17) is 0 Å². The highest BCUT2D eigenvalue weighted by atomic mass is 32.2. The maximum absolute atomic E-state index is 12.1. The first-order valence-corrected chi connectivity index (χ1v) is 7.69. The number of hydrogen-bond acceptors (Lipinski definition) is 3. The van der Waals surface area contributed by atoms with Crippen LogP contribution in [0.4, 0.5) is 0 Å². The van der Waals surface area contributed by atoms with Crippen molar-refractivity contribution in [2.45, 2.75) is 43.5 Å². The van der Waals surface area contributed by atoms with Crippen LogP contribution in [0.5, 0.6) is 0 Å². The molecule has 4 nitrogen and oxygen atoms in total. The van der Waals surface area contributed by atoms with Gasteiger partial charge in [0.05, 0.1) is 0 Å². The van der Waals surface area contributed by atoms with Gasteiger partial charge in [0.2, 0.25) is 10.0 Å². The molecule has 1 aromatic heterocycles. The summed E-state index contributed by atoms with van der Waals surface area (Å²) in [5.41, 5.74) is 1.19. The van der Waals surface area contributed by atoms with Gasteiger partial charge in [0.1, 0.15) is 4.90 Å². The van der Waals surface area contributed by atoms with E-state index in [2.05, 4.69) is 15.8 Å². The summed E-state index contributed by atoms with van der Waals surface area (Å²) in [5.74, 6) is 0. The molecule has 98 valence electrons. The first-order valence-electron chi connectivity index (χ1n) is 6.21. The van der Waals surface area contributed by atoms with Crippen molar-refractivity contribution in [2.75, 3.05) is 0 Å². The minimum Gasteiger partial charge on any atom is -0.263 e. The van der Waals surface area contributed by atoms with E-state index < -0.39 is 10.0 Å². The highest BCUT2D eigenvalue weighted by Gasteiger charge is 2.20. The molecule has 1 aliphatic rings. The number of allylic oxidation sites excluding steroid dienone is 1. The van der Waals surface area contributed by atoms with Crippen LogP contribution in [0.1, 0.15) is 32.6 Å². The normalized spacial score (nSPS) is 18.2. The lowest BCUT2D eigenvalue weighted by Crippen LogP contribution is -2.34. The summed E-state index contributed by atoms with van der Waals surface area (Å²) in [5, 5.41) is 0. The van der Waals surface area contributed by atoms with E-state index in [0.717, 1.165) is 19.3 Å². The first kappa shape index (κ1) is 13.2. The Morgan fingerprint density at radius 2 is 2.22 bits per heavy atom. The van der Waals surface area contributed by atoms with Gasteiger partial charge in [0.15, 0.2) is 0 Å². The summed E-state index contributed by atoms with van der Waals surface area (Å²) in [6.45, 7) is 1.89. The number of rotatable bonds is 4. The highest BCUT2D eigenvalue weighted by Crippen LogP contribution is 2.21. The predicted molar refractivity (Wildman–Crippen MR) is 70.6 cm³/mol. The van der Waals surface area contributed by atoms with Crippen LogP contribution >= 0.6 is 0 Å². The van der Waals surface area contributed by atoms with Crippen molar-refractivity contribution in [2.24, 2.45) is 0 Å². The van der Waals surface area contributed by atoms with Crippen LogP contribution in [0.3, 0.4) is 0 Å². The zero-order valence-electron chi connectivity index (χ0n) is 10.5. The predicted octanol–water partition coefficient (Wildman–Crippen LogP) is 2.25. The van der Waals surface area contributed by atoms with E-state index >= 15 is 0 Å². The number of pyridine rings is 1. The fraction of sp³-hybridized carbons (Fsp3) is 0.462. The van der Waals surface area contributed by atoms with Gasteiger partial charge in [-0.25, -0.2) is 13.1 Å². The number of aromatic nitrogens is 1. The molecule has 18 heavy (non-hydrogen) atoms. The van der Waals surface area contributed by atoms with Crippen molar-refractivity contribution in [1.82, 2.24) is 9.71 Å². The van der Waals surface area contributed by atoms with Gasteiger partial charge in [0.25, 0.3) is 0 Å². The lowest BCUT2D eigenvalue weighted by atomic mass is 9.95. The van der Waals surface area contributed by atoms with E-state index in [1.54, 1.807) is 18.3 Å². The molecule has 0 radical (unpaired) electrons. The summed E-state index contributed by atoms with van der Waals surface area (Å²) >= 11 is 0. The third-order valence-electron chi connectivity index (χ3n) is 3.16. The van der Waals surface area contributed by atoms with Gasteiger partial charge in [-0.05, 0) is 44.7 Å². The molecule has 1 atom stereocenters. The minimum absolute atomic E-state index is 0.143. The fourth-order valence-corrected chi connectivity index (χ4v) is 3.35. The molecule has 1 aromatic rings. The quantitative estimate of drug-likeness (QED) is 0.850. The third-order valence-corrected chi connectivity index (χ3v) is 4.68. The molecule has 1 heterocycles. The van der Waals surface area contributed by atoms with Crippen LogP contribution in [-0.4, -0.2) is 19.4 Å². The van der Waals surface area contributed by atoms with Crippen LogP contribution in [-0.2, 0) is 10.0 Å². The van der Waals surface area contributed by atoms with Crippen LogP contribution in [0.15, 0.2) is 41.1 Å². The Morgan fingerprint density at radius 1 is 1.39 bits per heavy atom. The number of sulfonamides is 1. The Morgan fingerprint density at radius 3 is 2.83 bits per heavy atom. The summed E-state index contributed by atoms with van der Waals surface area (Å²) in [6.07, 6.45) is 9.46. The Kier molecular flexibility index (Phi) is 4.14. The summed E-state index contributed by atoms with van der Waals surface area (Å²) < 4.78 is 26.9. The van der Waals surface area contributed by atoms with E-state index in [-0.39, 0.29) is 10.9 Å². The summed E-state index contributed by atoms with van der Waals surface area (Å²) in [6, 6.07) is 3.03. The monoisotopic (exact) mass is 266 g/mol. The lowest BCUT2D eigenvalue weighted by molar-refractivity contribution is 0.563. The van der Waals surface area contributed by atoms with Crippen LogP contribution in [0.25, 0.3) is 0 Å². The van der Waals surface area contributed by atoms with E-state index in [1.807, 2.05) is 6.92 Å². The van der Waals surface area contributed by atoms with Crippen LogP contribution < -0.4 is 4.72 Å². The Labute approximate surface area is 108 Å². The molecule has 0 aromatic carbocycles. The van der Waals surface area contributed by atoms with Gasteiger partial charge in [-0.2, -0.15) is 0 Å². The molecule has 1 aliphatic carbocycles. The van der Waals surface area contributed by atoms with Gasteiger partial charge in [-0.15, -0.1) is 0 Å². The third kappa shape index (κ3) is 3.17. The molecular formula is C13H18N2O2S. The van der Waals surface area contributed by atoms with E-state index in [0.29, 0.717) is 0 Å². The summed E-state index contributed by atoms with van der Waals surface area (Å²) in [4.78, 5) is 4.05. The first-order chi connectivity index (χ1) is 8.59. The SMILES string of the molecule is C[C@@H](NS(=O)(=O)c1cccnc1)C1=CCCCC1. The molecule has 0 fully saturated rings. The molecule has 0 bridgehead atoms. The maximum Gasteiger partial charge on any atom is 0.242 e. The minimum atomic E-state index is -3.46. The highest BCUT2D eigenvalue weighted by molar-refractivity contribution is 7.89. The van der Waals surface area contributed by atoms with Crippen molar-refractivity contribution < 1.29 is 8.42 Å². The molecular weight excluding hydrogens is 248 g/mol. The zero-order chi connectivity index (χ0) is 13.0. The number of nitrogens with one attached hydrogen (secondary N) is 1. The van der Waals surface area contributed by atoms with E-state index in [9.17, 15) is 8.42 Å². The molecule has 5 heteroatoms. The van der Waals surface area contributed by atoms with Gasteiger partial charge in [-0.3, -0.25) is 4.98 Å². The molecule has 0 saturated carbocycles. The second-order valence-electron chi connectivity index (χ2n) is 4.56. The molecule has 0 unspecified atom stereocenters.